The van der Waals surface area contributed by atoms with E-state index in [2.05, 4.69) is 4.90 Å². The fourth-order valence-electron chi connectivity index (χ4n) is 5.52. The normalized spacial score (nSPS) is 16.0. The van der Waals surface area contributed by atoms with Crippen molar-refractivity contribution in [1.29, 1.82) is 0 Å². The van der Waals surface area contributed by atoms with Gasteiger partial charge in [-0.2, -0.15) is 0 Å². The first-order valence-electron chi connectivity index (χ1n) is 13.3. The second kappa shape index (κ2) is 12.9. The Kier molecular flexibility index (Phi) is 10.1. The molecule has 0 aliphatic carbocycles. The number of nitrogens with zero attached hydrogens (tertiary/aromatic N) is 1. The van der Waals surface area contributed by atoms with Gasteiger partial charge in [0.2, 0.25) is 0 Å². The number of benzene rings is 3. The number of aliphatic carboxylic acids is 1. The highest BCUT2D eigenvalue weighted by atomic mass is 35.5. The molecule has 1 atom stereocenters. The van der Waals surface area contributed by atoms with Gasteiger partial charge in [0.05, 0.1) is 11.5 Å². The van der Waals surface area contributed by atoms with Gasteiger partial charge in [-0.3, -0.25) is 4.79 Å². The molecule has 1 aliphatic rings. The maximum atomic E-state index is 12.1. The molecule has 0 radical (unpaired) electrons. The predicted molar refractivity (Wildman–Crippen MR) is 146 cm³/mol. The summed E-state index contributed by atoms with van der Waals surface area (Å²) in [6.45, 7) is 6.11. The van der Waals surface area contributed by atoms with Gasteiger partial charge in [-0.05, 0) is 87.3 Å². The summed E-state index contributed by atoms with van der Waals surface area (Å²) in [6.07, 6.45) is 2.77. The highest BCUT2D eigenvalue weighted by molar-refractivity contribution is 5.80. The molecule has 0 amide bonds. The van der Waals surface area contributed by atoms with E-state index in [-0.39, 0.29) is 18.3 Å². The maximum absolute atomic E-state index is 12.1. The average molecular weight is 537 g/mol. The second-order valence-electron chi connectivity index (χ2n) is 10.8. The maximum Gasteiger partial charge on any atom is 0.313 e. The predicted octanol–water partition coefficient (Wildman–Crippen LogP) is 2.51. The molecule has 0 aromatic heterocycles. The number of carboxylic acids is 1. The van der Waals surface area contributed by atoms with Gasteiger partial charge in [-0.15, -0.1) is 0 Å². The van der Waals surface area contributed by atoms with E-state index in [1.165, 1.54) is 0 Å². The summed E-state index contributed by atoms with van der Waals surface area (Å²) in [7, 11) is 0. The molecule has 4 rings (SSSR count). The van der Waals surface area contributed by atoms with Crippen LogP contribution in [0, 0.1) is 5.92 Å². The molecule has 1 fully saturated rings. The Labute approximate surface area is 232 Å². The van der Waals surface area contributed by atoms with Crippen LogP contribution in [0.3, 0.4) is 0 Å². The summed E-state index contributed by atoms with van der Waals surface area (Å²) in [4.78, 5) is 13.9. The third-order valence-electron chi connectivity index (χ3n) is 8.11. The van der Waals surface area contributed by atoms with E-state index in [1.807, 2.05) is 72.8 Å². The van der Waals surface area contributed by atoms with E-state index in [4.69, 9.17) is 0 Å². The quantitative estimate of drug-likeness (QED) is 0.371. The van der Waals surface area contributed by atoms with E-state index < -0.39 is 23.1 Å². The molecule has 38 heavy (non-hydrogen) atoms. The number of hydrogen-bond acceptors (Lipinski definition) is 4. The molecular formula is C32H39ClNO4-. The number of carbonyl (C=O) groups is 1. The summed E-state index contributed by atoms with van der Waals surface area (Å²) in [6, 6.07) is 27.3. The van der Waals surface area contributed by atoms with Gasteiger partial charge in [-0.25, -0.2) is 0 Å². The number of aliphatic hydroxyl groups is 2. The van der Waals surface area contributed by atoms with Crippen molar-refractivity contribution in [1.82, 2.24) is 4.90 Å². The first-order chi connectivity index (χ1) is 17.7. The molecule has 3 aromatic carbocycles. The zero-order valence-corrected chi connectivity index (χ0v) is 23.0. The molecule has 5 nitrogen and oxygen atoms in total. The summed E-state index contributed by atoms with van der Waals surface area (Å²) in [5, 5.41) is 32.2. The smallest absolute Gasteiger partial charge is 0.313 e. The zero-order valence-electron chi connectivity index (χ0n) is 22.3. The van der Waals surface area contributed by atoms with E-state index in [0.29, 0.717) is 6.42 Å². The van der Waals surface area contributed by atoms with Gasteiger partial charge in [0.25, 0.3) is 0 Å². The number of aliphatic hydroxyl groups excluding tert-OH is 1. The summed E-state index contributed by atoms with van der Waals surface area (Å²) >= 11 is 0. The van der Waals surface area contributed by atoms with Crippen LogP contribution in [-0.2, 0) is 15.8 Å². The third-order valence-corrected chi connectivity index (χ3v) is 8.11. The lowest BCUT2D eigenvalue weighted by molar-refractivity contribution is -0.142. The van der Waals surface area contributed by atoms with E-state index in [1.54, 1.807) is 26.0 Å². The first kappa shape index (κ1) is 29.9. The minimum absolute atomic E-state index is 0. The SMILES string of the molecule is CC(C)(C(=O)O)c1ccc(C(O)CCCN2CCC(C(O)(c3ccccc3)c3ccccc3)CC2)cc1.[Cl-]. The molecule has 0 bridgehead atoms. The minimum Gasteiger partial charge on any atom is -1.00 e. The van der Waals surface area contributed by atoms with E-state index >= 15 is 0 Å². The average Bonchev–Trinajstić information content (AvgIpc) is 2.94. The van der Waals surface area contributed by atoms with E-state index in [0.717, 1.165) is 61.2 Å². The molecule has 1 unspecified atom stereocenters. The van der Waals surface area contributed by atoms with Crippen molar-refractivity contribution in [3.05, 3.63) is 107 Å². The lowest BCUT2D eigenvalue weighted by atomic mass is 9.72. The fourth-order valence-corrected chi connectivity index (χ4v) is 5.52. The van der Waals surface area contributed by atoms with Crippen molar-refractivity contribution in [2.75, 3.05) is 19.6 Å². The summed E-state index contributed by atoms with van der Waals surface area (Å²) < 4.78 is 0. The lowest BCUT2D eigenvalue weighted by Gasteiger charge is -2.42. The molecule has 3 N–H and O–H groups in total. The Morgan fingerprint density at radius 1 is 0.868 bits per heavy atom. The van der Waals surface area contributed by atoms with Crippen molar-refractivity contribution >= 4 is 5.97 Å². The highest BCUT2D eigenvalue weighted by Crippen LogP contribution is 2.42. The van der Waals surface area contributed by atoms with Crippen LogP contribution in [0.1, 0.15) is 67.9 Å². The number of piperidine rings is 1. The standard InChI is InChI=1S/C32H39NO4.ClH/c1-31(2,30(35)36)25-17-15-24(16-18-25)29(34)14-9-21-33-22-19-28(20-23-33)32(37,26-10-5-3-6-11-26)27-12-7-4-8-13-27;/h3-8,10-13,15-18,28-29,34,37H,9,14,19-23H2,1-2H3,(H,35,36);1H/p-1. The first-order valence-corrected chi connectivity index (χ1v) is 13.3. The van der Waals surface area contributed by atoms with Crippen molar-refractivity contribution < 1.29 is 32.5 Å². The zero-order chi connectivity index (χ0) is 26.5. The minimum atomic E-state index is -1.01. The van der Waals surface area contributed by atoms with Crippen LogP contribution in [-0.4, -0.2) is 45.8 Å². The monoisotopic (exact) mass is 536 g/mol. The molecule has 0 saturated carbocycles. The Balaban J connectivity index is 0.00000400. The highest BCUT2D eigenvalue weighted by Gasteiger charge is 2.41. The molecule has 6 heteroatoms. The van der Waals surface area contributed by atoms with Crippen LogP contribution in [0.15, 0.2) is 84.9 Å². The second-order valence-corrected chi connectivity index (χ2v) is 10.8. The van der Waals surface area contributed by atoms with Crippen molar-refractivity contribution in [3.8, 4) is 0 Å². The number of halogens is 1. The van der Waals surface area contributed by atoms with Gasteiger partial charge in [-0.1, -0.05) is 84.9 Å². The van der Waals surface area contributed by atoms with Crippen LogP contribution < -0.4 is 12.4 Å². The molecular weight excluding hydrogens is 498 g/mol. The molecule has 0 spiro atoms. The van der Waals surface area contributed by atoms with Crippen LogP contribution >= 0.6 is 0 Å². The van der Waals surface area contributed by atoms with Gasteiger partial charge < -0.3 is 32.6 Å². The van der Waals surface area contributed by atoms with Crippen LogP contribution in [0.5, 0.6) is 0 Å². The van der Waals surface area contributed by atoms with Crippen LogP contribution in [0.2, 0.25) is 0 Å². The Morgan fingerprint density at radius 2 is 1.37 bits per heavy atom. The fraction of sp³-hybridized carbons (Fsp3) is 0.406. The summed E-state index contributed by atoms with van der Waals surface area (Å²) in [5.74, 6) is -0.733. The number of hydrogen-bond donors (Lipinski definition) is 3. The molecule has 1 saturated heterocycles. The van der Waals surface area contributed by atoms with Crippen LogP contribution in [0.4, 0.5) is 0 Å². The van der Waals surface area contributed by atoms with Crippen molar-refractivity contribution in [2.45, 2.75) is 56.7 Å². The van der Waals surface area contributed by atoms with Crippen molar-refractivity contribution in [3.63, 3.8) is 0 Å². The molecule has 204 valence electrons. The molecule has 3 aromatic rings. The lowest BCUT2D eigenvalue weighted by Crippen LogP contribution is -3.00. The third kappa shape index (κ3) is 6.47. The Morgan fingerprint density at radius 3 is 1.84 bits per heavy atom. The Hall–Kier alpha value is -2.70. The largest absolute Gasteiger partial charge is 1.00 e. The number of carboxylic acid groups (broad SMARTS) is 1. The van der Waals surface area contributed by atoms with Crippen molar-refractivity contribution in [2.24, 2.45) is 5.92 Å². The molecule has 1 heterocycles. The van der Waals surface area contributed by atoms with Gasteiger partial charge in [0, 0.05) is 0 Å². The Bertz CT molecular complexity index is 1100. The van der Waals surface area contributed by atoms with Gasteiger partial charge in [0.15, 0.2) is 0 Å². The van der Waals surface area contributed by atoms with Gasteiger partial charge in [0.1, 0.15) is 5.60 Å². The number of rotatable bonds is 10. The summed E-state index contributed by atoms with van der Waals surface area (Å²) in [5.41, 5.74) is 1.47. The van der Waals surface area contributed by atoms with Crippen LogP contribution in [0.25, 0.3) is 0 Å². The van der Waals surface area contributed by atoms with E-state index in [9.17, 15) is 20.1 Å². The topological polar surface area (TPSA) is 81.0 Å². The number of likely N-dealkylation sites (tertiary alicyclic amines) is 1. The molecule has 1 aliphatic heterocycles. The van der Waals surface area contributed by atoms with Gasteiger partial charge >= 0.3 is 5.97 Å².